The molecule has 0 N–H and O–H groups in total. The zero-order valence-electron chi connectivity index (χ0n) is 8.04. The van der Waals surface area contributed by atoms with E-state index in [9.17, 15) is 4.79 Å². The van der Waals surface area contributed by atoms with Gasteiger partial charge in [-0.3, -0.25) is 9.78 Å². The molecule has 0 radical (unpaired) electrons. The number of carbonyl (C=O) groups is 1. The summed E-state index contributed by atoms with van der Waals surface area (Å²) in [7, 11) is 0. The highest BCUT2D eigenvalue weighted by Gasteiger charge is 2.00. The van der Waals surface area contributed by atoms with Crippen LogP contribution in [-0.4, -0.2) is 15.9 Å². The topological polar surface area (TPSA) is 30.0 Å². The highest BCUT2D eigenvalue weighted by atomic mass is 79.9. The zero-order chi connectivity index (χ0) is 11.3. The largest absolute Gasteiger partial charge is 0.288 e. The first-order valence-electron chi connectivity index (χ1n) is 4.20. The highest BCUT2D eigenvalue weighted by Crippen LogP contribution is 2.25. The van der Waals surface area contributed by atoms with Crippen LogP contribution >= 0.6 is 43.6 Å². The smallest absolute Gasteiger partial charge is 0.186 e. The maximum atomic E-state index is 10.7. The lowest BCUT2D eigenvalue weighted by Crippen LogP contribution is -1.84. The zero-order valence-corrected chi connectivity index (χ0v) is 12.0. The SMILES string of the molecule is CC(=O)SCC=Cc1c(Br)cncc1Br. The third kappa shape index (κ3) is 4.49. The highest BCUT2D eigenvalue weighted by molar-refractivity contribution is 9.11. The predicted octanol–water partition coefficient (Wildman–Crippen LogP) is 3.90. The summed E-state index contributed by atoms with van der Waals surface area (Å²) in [5.74, 6) is 0.691. The van der Waals surface area contributed by atoms with Crippen LogP contribution in [0.5, 0.6) is 0 Å². The Morgan fingerprint density at radius 1 is 1.47 bits per heavy atom. The van der Waals surface area contributed by atoms with Gasteiger partial charge in [-0.05, 0) is 31.9 Å². The molecule has 0 saturated carbocycles. The van der Waals surface area contributed by atoms with Crippen molar-refractivity contribution in [2.75, 3.05) is 5.75 Å². The van der Waals surface area contributed by atoms with Gasteiger partial charge in [0.2, 0.25) is 0 Å². The summed E-state index contributed by atoms with van der Waals surface area (Å²) in [4.78, 5) is 14.7. The van der Waals surface area contributed by atoms with E-state index in [4.69, 9.17) is 0 Å². The minimum Gasteiger partial charge on any atom is -0.288 e. The molecular formula is C10H9Br2NOS. The molecule has 80 valence electrons. The molecule has 1 heterocycles. The first-order valence-corrected chi connectivity index (χ1v) is 6.77. The third-order valence-electron chi connectivity index (χ3n) is 1.56. The number of rotatable bonds is 3. The van der Waals surface area contributed by atoms with E-state index in [0.29, 0.717) is 5.75 Å². The molecule has 1 aromatic rings. The Morgan fingerprint density at radius 2 is 2.07 bits per heavy atom. The third-order valence-corrected chi connectivity index (χ3v) is 3.59. The second-order valence-electron chi connectivity index (χ2n) is 2.72. The number of hydrogen-bond acceptors (Lipinski definition) is 3. The van der Waals surface area contributed by atoms with Gasteiger partial charge in [0.1, 0.15) is 0 Å². The Kier molecular flexibility index (Phi) is 5.56. The van der Waals surface area contributed by atoms with E-state index < -0.39 is 0 Å². The van der Waals surface area contributed by atoms with Crippen LogP contribution < -0.4 is 0 Å². The Hall–Kier alpha value is -0.130. The van der Waals surface area contributed by atoms with Crippen molar-refractivity contribution in [3.8, 4) is 0 Å². The standard InChI is InChI=1S/C10H9Br2NOS/c1-7(14)15-4-2-3-8-9(11)5-13-6-10(8)12/h2-3,5-6H,4H2,1H3. The van der Waals surface area contributed by atoms with Gasteiger partial charge in [0.15, 0.2) is 5.12 Å². The van der Waals surface area contributed by atoms with E-state index in [1.165, 1.54) is 11.8 Å². The predicted molar refractivity (Wildman–Crippen MR) is 71.8 cm³/mol. The summed E-state index contributed by atoms with van der Waals surface area (Å²) >= 11 is 8.11. The molecule has 5 heteroatoms. The van der Waals surface area contributed by atoms with E-state index in [-0.39, 0.29) is 5.12 Å². The molecular weight excluding hydrogens is 342 g/mol. The van der Waals surface area contributed by atoms with Crippen molar-refractivity contribution < 1.29 is 4.79 Å². The quantitative estimate of drug-likeness (QED) is 0.828. The molecule has 0 atom stereocenters. The van der Waals surface area contributed by atoms with Crippen LogP contribution in [0.4, 0.5) is 0 Å². The number of nitrogens with zero attached hydrogens (tertiary/aromatic N) is 1. The molecule has 2 nitrogen and oxygen atoms in total. The summed E-state index contributed by atoms with van der Waals surface area (Å²) in [6.45, 7) is 1.57. The fourth-order valence-corrected chi connectivity index (χ4v) is 2.53. The molecule has 0 aliphatic carbocycles. The second-order valence-corrected chi connectivity index (χ2v) is 5.63. The monoisotopic (exact) mass is 349 g/mol. The fraction of sp³-hybridized carbons (Fsp3) is 0.200. The minimum absolute atomic E-state index is 0.132. The molecule has 0 saturated heterocycles. The van der Waals surface area contributed by atoms with Crippen LogP contribution in [0, 0.1) is 0 Å². The molecule has 1 rings (SSSR count). The van der Waals surface area contributed by atoms with Crippen molar-refractivity contribution in [2.24, 2.45) is 0 Å². The number of pyridine rings is 1. The van der Waals surface area contributed by atoms with Crippen LogP contribution in [0.2, 0.25) is 0 Å². The lowest BCUT2D eigenvalue weighted by molar-refractivity contribution is -0.109. The van der Waals surface area contributed by atoms with Gasteiger partial charge >= 0.3 is 0 Å². The molecule has 0 aliphatic rings. The molecule has 0 aliphatic heterocycles. The molecule has 0 fully saturated rings. The number of aromatic nitrogens is 1. The summed E-state index contributed by atoms with van der Waals surface area (Å²) < 4.78 is 1.86. The summed E-state index contributed by atoms with van der Waals surface area (Å²) in [6.07, 6.45) is 7.40. The van der Waals surface area contributed by atoms with Crippen molar-refractivity contribution in [2.45, 2.75) is 6.92 Å². The Labute approximate surface area is 110 Å². The maximum Gasteiger partial charge on any atom is 0.186 e. The van der Waals surface area contributed by atoms with Gasteiger partial charge in [-0.1, -0.05) is 23.9 Å². The average Bonchev–Trinajstić information content (AvgIpc) is 2.15. The number of hydrogen-bond donors (Lipinski definition) is 0. The van der Waals surface area contributed by atoms with Crippen LogP contribution in [-0.2, 0) is 4.79 Å². The molecule has 1 aromatic heterocycles. The van der Waals surface area contributed by atoms with Crippen molar-refractivity contribution in [3.63, 3.8) is 0 Å². The van der Waals surface area contributed by atoms with E-state index in [2.05, 4.69) is 36.8 Å². The number of thioether (sulfide) groups is 1. The molecule has 0 amide bonds. The van der Waals surface area contributed by atoms with Crippen LogP contribution in [0.3, 0.4) is 0 Å². The average molecular weight is 351 g/mol. The molecule has 0 bridgehead atoms. The van der Waals surface area contributed by atoms with Gasteiger partial charge in [-0.15, -0.1) is 0 Å². The lowest BCUT2D eigenvalue weighted by Gasteiger charge is -2.00. The lowest BCUT2D eigenvalue weighted by atomic mass is 10.2. The van der Waals surface area contributed by atoms with Gasteiger partial charge in [-0.25, -0.2) is 0 Å². The second kappa shape index (κ2) is 6.45. The Morgan fingerprint density at radius 3 is 2.60 bits per heavy atom. The number of halogens is 2. The van der Waals surface area contributed by atoms with Gasteiger partial charge in [0, 0.05) is 39.6 Å². The van der Waals surface area contributed by atoms with Crippen molar-refractivity contribution in [1.29, 1.82) is 0 Å². The van der Waals surface area contributed by atoms with Crippen molar-refractivity contribution in [1.82, 2.24) is 4.98 Å². The van der Waals surface area contributed by atoms with E-state index in [1.807, 2.05) is 12.2 Å². The first kappa shape index (κ1) is 12.9. The van der Waals surface area contributed by atoms with Gasteiger partial charge in [-0.2, -0.15) is 0 Å². The molecule has 0 unspecified atom stereocenters. The minimum atomic E-state index is 0.132. The van der Waals surface area contributed by atoms with Crippen molar-refractivity contribution in [3.05, 3.63) is 33.0 Å². The van der Waals surface area contributed by atoms with Gasteiger partial charge in [0.05, 0.1) is 0 Å². The van der Waals surface area contributed by atoms with E-state index in [0.717, 1.165) is 14.5 Å². The van der Waals surface area contributed by atoms with Crippen LogP contribution in [0.25, 0.3) is 6.08 Å². The Balaban J connectivity index is 2.67. The fourth-order valence-electron chi connectivity index (χ4n) is 0.912. The summed E-state index contributed by atoms with van der Waals surface area (Å²) in [5.41, 5.74) is 1.04. The number of carbonyl (C=O) groups excluding carboxylic acids is 1. The van der Waals surface area contributed by atoms with Crippen molar-refractivity contribution >= 4 is 54.8 Å². The van der Waals surface area contributed by atoms with Gasteiger partial charge < -0.3 is 0 Å². The van der Waals surface area contributed by atoms with Crippen LogP contribution in [0.15, 0.2) is 27.4 Å². The molecule has 0 spiro atoms. The molecule has 0 aromatic carbocycles. The molecule has 15 heavy (non-hydrogen) atoms. The van der Waals surface area contributed by atoms with Gasteiger partial charge in [0.25, 0.3) is 0 Å². The summed E-state index contributed by atoms with van der Waals surface area (Å²) in [5, 5.41) is 0.132. The van der Waals surface area contributed by atoms with E-state index in [1.54, 1.807) is 19.3 Å². The first-order chi connectivity index (χ1) is 7.11. The maximum absolute atomic E-state index is 10.7. The van der Waals surface area contributed by atoms with E-state index >= 15 is 0 Å². The Bertz CT molecular complexity index is 373. The summed E-state index contributed by atoms with van der Waals surface area (Å²) in [6, 6.07) is 0. The normalized spacial score (nSPS) is 10.9. The van der Waals surface area contributed by atoms with Crippen LogP contribution in [0.1, 0.15) is 12.5 Å².